The molecule has 0 radical (unpaired) electrons. The molecule has 1 heterocycles. The summed E-state index contributed by atoms with van der Waals surface area (Å²) in [7, 11) is 0. The number of nitrogens with one attached hydrogen (secondary N) is 1. The maximum absolute atomic E-state index is 12.7. The van der Waals surface area contributed by atoms with Crippen LogP contribution in [0.3, 0.4) is 0 Å². The summed E-state index contributed by atoms with van der Waals surface area (Å²) in [6.07, 6.45) is -4.82. The van der Waals surface area contributed by atoms with Crippen LogP contribution < -0.4 is 18.9 Å². The van der Waals surface area contributed by atoms with Crippen molar-refractivity contribution in [1.82, 2.24) is 9.97 Å². The Hall–Kier alpha value is -2.96. The van der Waals surface area contributed by atoms with Crippen molar-refractivity contribution in [2.75, 3.05) is 0 Å². The molecular formula is C12HF3LiN6+. The van der Waals surface area contributed by atoms with E-state index in [1.165, 1.54) is 0 Å². The first kappa shape index (κ1) is 17.1. The van der Waals surface area contributed by atoms with Crippen LogP contribution in [0, 0.1) is 45.3 Å². The van der Waals surface area contributed by atoms with Gasteiger partial charge in [-0.25, -0.2) is 4.98 Å². The second-order valence-electron chi connectivity index (χ2n) is 3.75. The van der Waals surface area contributed by atoms with Gasteiger partial charge in [-0.05, 0) is 0 Å². The third-order valence-electron chi connectivity index (χ3n) is 2.66. The van der Waals surface area contributed by atoms with Crippen molar-refractivity contribution in [3.8, 4) is 24.3 Å². The summed E-state index contributed by atoms with van der Waals surface area (Å²) in [6.45, 7) is 0. The summed E-state index contributed by atoms with van der Waals surface area (Å²) < 4.78 is 38.0. The second-order valence-corrected chi connectivity index (χ2v) is 3.75. The predicted octanol–water partition coefficient (Wildman–Crippen LogP) is -0.928. The molecule has 0 amide bonds. The summed E-state index contributed by atoms with van der Waals surface area (Å²) in [4.78, 5) is 5.12. The first-order chi connectivity index (χ1) is 9.88. The van der Waals surface area contributed by atoms with E-state index in [2.05, 4.69) is 4.98 Å². The SMILES string of the molecule is N#Cc1c(C#N)c(C#N)c2[nH]c(C(F)(F)F)nc2c1C#N.[Li+]. The van der Waals surface area contributed by atoms with E-state index in [0.29, 0.717) is 0 Å². The third-order valence-corrected chi connectivity index (χ3v) is 2.66. The summed E-state index contributed by atoms with van der Waals surface area (Å²) in [5, 5.41) is 36.0. The second kappa shape index (κ2) is 5.80. The van der Waals surface area contributed by atoms with Gasteiger partial charge in [0.05, 0.1) is 27.8 Å². The van der Waals surface area contributed by atoms with Gasteiger partial charge in [-0.2, -0.15) is 34.2 Å². The molecule has 10 heteroatoms. The van der Waals surface area contributed by atoms with Crippen molar-refractivity contribution >= 4 is 11.0 Å². The fraction of sp³-hybridized carbons (Fsp3) is 0.0833. The molecule has 2 aromatic rings. The van der Waals surface area contributed by atoms with Gasteiger partial charge in [0.2, 0.25) is 5.82 Å². The molecule has 6 nitrogen and oxygen atoms in total. The van der Waals surface area contributed by atoms with E-state index in [0.717, 1.165) is 0 Å². The molecule has 0 unspecified atom stereocenters. The maximum Gasteiger partial charge on any atom is 1.00 e. The topological polar surface area (TPSA) is 124 Å². The van der Waals surface area contributed by atoms with E-state index in [1.807, 2.05) is 4.98 Å². The van der Waals surface area contributed by atoms with Crippen LogP contribution in [0.2, 0.25) is 0 Å². The smallest absolute Gasteiger partial charge is 0.333 e. The Morgan fingerprint density at radius 2 is 1.27 bits per heavy atom. The monoisotopic (exact) mass is 293 g/mol. The van der Waals surface area contributed by atoms with Gasteiger partial charge < -0.3 is 4.98 Å². The molecule has 1 aromatic heterocycles. The van der Waals surface area contributed by atoms with Gasteiger partial charge >= 0.3 is 25.0 Å². The van der Waals surface area contributed by atoms with E-state index in [1.54, 1.807) is 24.3 Å². The molecule has 0 saturated carbocycles. The van der Waals surface area contributed by atoms with Gasteiger partial charge in [-0.3, -0.25) is 0 Å². The number of rotatable bonds is 0. The third kappa shape index (κ3) is 2.37. The van der Waals surface area contributed by atoms with Crippen LogP contribution in [0.4, 0.5) is 13.2 Å². The fourth-order valence-electron chi connectivity index (χ4n) is 1.81. The number of hydrogen-bond donors (Lipinski definition) is 1. The van der Waals surface area contributed by atoms with Crippen molar-refractivity contribution < 1.29 is 32.0 Å². The van der Waals surface area contributed by atoms with E-state index >= 15 is 0 Å². The number of hydrogen-bond acceptors (Lipinski definition) is 5. The summed E-state index contributed by atoms with van der Waals surface area (Å²) in [5.74, 6) is -1.41. The fourth-order valence-corrected chi connectivity index (χ4v) is 1.81. The van der Waals surface area contributed by atoms with Gasteiger partial charge in [0.25, 0.3) is 0 Å². The molecule has 0 aliphatic rings. The number of halogens is 3. The molecule has 0 bridgehead atoms. The molecule has 100 valence electrons. The number of alkyl halides is 3. The van der Waals surface area contributed by atoms with Crippen LogP contribution in [0.15, 0.2) is 0 Å². The van der Waals surface area contributed by atoms with E-state index < -0.39 is 45.3 Å². The molecule has 0 fully saturated rings. The summed E-state index contributed by atoms with van der Waals surface area (Å²) >= 11 is 0. The standard InChI is InChI=1S/C12HF3N6.Li/c13-12(14,15)11-20-9-7(3-18)5(1-16)6(2-17)8(4-19)10(9)21-11;/h(H,20,21);/q;+1. The van der Waals surface area contributed by atoms with Crippen LogP contribution in [0.1, 0.15) is 28.1 Å². The molecule has 0 aliphatic carbocycles. The average molecular weight is 293 g/mol. The van der Waals surface area contributed by atoms with Crippen LogP contribution >= 0.6 is 0 Å². The summed E-state index contributed by atoms with van der Waals surface area (Å²) in [5.41, 5.74) is -2.71. The van der Waals surface area contributed by atoms with Gasteiger partial charge in [-0.1, -0.05) is 0 Å². The largest absolute Gasteiger partial charge is 1.00 e. The maximum atomic E-state index is 12.7. The molecule has 0 spiro atoms. The first-order valence-corrected chi connectivity index (χ1v) is 5.16. The Bertz CT molecular complexity index is 861. The number of nitriles is 4. The van der Waals surface area contributed by atoms with E-state index in [4.69, 9.17) is 21.0 Å². The number of aromatic amines is 1. The molecule has 22 heavy (non-hydrogen) atoms. The van der Waals surface area contributed by atoms with Crippen LogP contribution in [-0.2, 0) is 6.18 Å². The van der Waals surface area contributed by atoms with Crippen molar-refractivity contribution in [1.29, 1.82) is 21.0 Å². The Balaban J connectivity index is 0.00000242. The van der Waals surface area contributed by atoms with Crippen molar-refractivity contribution in [2.45, 2.75) is 6.18 Å². The molecule has 0 saturated heterocycles. The molecular weight excluding hydrogens is 292 g/mol. The number of H-pyrrole nitrogens is 1. The average Bonchev–Trinajstić information content (AvgIpc) is 2.88. The van der Waals surface area contributed by atoms with E-state index in [-0.39, 0.29) is 18.9 Å². The normalized spacial score (nSPS) is 9.95. The van der Waals surface area contributed by atoms with Crippen molar-refractivity contribution in [3.63, 3.8) is 0 Å². The van der Waals surface area contributed by atoms with Crippen LogP contribution in [-0.4, -0.2) is 9.97 Å². The minimum Gasteiger partial charge on any atom is -0.333 e. The Morgan fingerprint density at radius 1 is 0.818 bits per heavy atom. The van der Waals surface area contributed by atoms with Crippen molar-refractivity contribution in [3.05, 3.63) is 28.1 Å². The minimum absolute atomic E-state index is 0. The first-order valence-electron chi connectivity index (χ1n) is 5.16. The van der Waals surface area contributed by atoms with E-state index in [9.17, 15) is 13.2 Å². The Morgan fingerprint density at radius 3 is 1.68 bits per heavy atom. The molecule has 1 aromatic carbocycles. The number of benzene rings is 1. The molecule has 0 aliphatic heterocycles. The van der Waals surface area contributed by atoms with Gasteiger partial charge in [0, 0.05) is 0 Å². The Labute approximate surface area is 133 Å². The number of imidazole rings is 1. The molecule has 1 N–H and O–H groups in total. The van der Waals surface area contributed by atoms with Crippen LogP contribution in [0.5, 0.6) is 0 Å². The molecule has 0 atom stereocenters. The van der Waals surface area contributed by atoms with Gasteiger partial charge in [0.1, 0.15) is 29.8 Å². The number of aromatic nitrogens is 2. The minimum atomic E-state index is -4.82. The predicted molar refractivity (Wildman–Crippen MR) is 60.0 cm³/mol. The Kier molecular flexibility index (Phi) is 4.51. The quantitative estimate of drug-likeness (QED) is 0.628. The zero-order valence-corrected chi connectivity index (χ0v) is 10.9. The molecule has 2 rings (SSSR count). The zero-order valence-electron chi connectivity index (χ0n) is 10.9. The number of fused-ring (bicyclic) bond motifs is 1. The van der Waals surface area contributed by atoms with Crippen molar-refractivity contribution in [2.24, 2.45) is 0 Å². The summed E-state index contributed by atoms with van der Waals surface area (Å²) in [6, 6.07) is 6.21. The van der Waals surface area contributed by atoms with Gasteiger partial charge in [0.15, 0.2) is 0 Å². The zero-order chi connectivity index (χ0) is 15.8. The van der Waals surface area contributed by atoms with Gasteiger partial charge in [-0.15, -0.1) is 0 Å². The number of nitrogens with zero attached hydrogens (tertiary/aromatic N) is 5. The van der Waals surface area contributed by atoms with Crippen LogP contribution in [0.25, 0.3) is 11.0 Å².